The first-order chi connectivity index (χ1) is 20.5. The monoisotopic (exact) mass is 910 g/mol. The molecule has 0 aliphatic rings. The van der Waals surface area contributed by atoms with Gasteiger partial charge in [-0.3, -0.25) is 14.2 Å². The Balaban J connectivity index is -0.0000000378. The van der Waals surface area contributed by atoms with E-state index in [1.807, 2.05) is 0 Å². The van der Waals surface area contributed by atoms with Gasteiger partial charge in [-0.2, -0.15) is 0 Å². The summed E-state index contributed by atoms with van der Waals surface area (Å²) in [5.74, 6) is 0.203. The summed E-state index contributed by atoms with van der Waals surface area (Å²) in [6.07, 6.45) is -17.9. The van der Waals surface area contributed by atoms with Crippen molar-refractivity contribution >= 4 is 70.5 Å². The van der Waals surface area contributed by atoms with Crippen molar-refractivity contribution in [3.63, 3.8) is 0 Å². The van der Waals surface area contributed by atoms with Crippen LogP contribution in [0.2, 0.25) is 0 Å². The Morgan fingerprint density at radius 1 is 0.714 bits per heavy atom. The first-order valence-electron chi connectivity index (χ1n) is 10.0. The minimum atomic E-state index is -6.17. The van der Waals surface area contributed by atoms with E-state index in [2.05, 4.69) is 25.5 Å². The molecule has 0 fully saturated rings. The molecule has 9 nitrogen and oxygen atoms in total. The standard InChI is InChI=1S/2C3H4ClF3O.C3H4ClFO2.C3H3F3O.C2H5ClO.C2H6O.CF2O.F4S.FH.K.H2O/c2*4-1-2-8-3(5,6)7;4-1-2-7-3(5)6;1-2-7-3(4,5)6;3-1-2-4;1-2-3;2-1(3)4;1-5(2,3)4;;;/h2*1-2H2;1-2H2;2H,1H2;4H,1-2H2;3H,2H2,1H3;;;1H;;1H2/q;;;;;;;;;+1;/p-1. The molecule has 49 heavy (non-hydrogen) atoms. The van der Waals surface area contributed by atoms with E-state index in [-0.39, 0.29) is 99.0 Å². The van der Waals surface area contributed by atoms with Gasteiger partial charge in [0, 0.05) is 24.2 Å². The van der Waals surface area contributed by atoms with Gasteiger partial charge < -0.3 is 25.2 Å². The molecule has 0 unspecified atom stereocenters. The van der Waals surface area contributed by atoms with Crippen LogP contribution in [0.15, 0.2) is 12.8 Å². The van der Waals surface area contributed by atoms with Crippen LogP contribution in [-0.4, -0.2) is 104 Å². The molecule has 0 aliphatic carbocycles. The normalized spacial score (nSPS) is 9.69. The average Bonchev–Trinajstić information content (AvgIpc) is 2.84. The van der Waals surface area contributed by atoms with E-state index in [9.17, 15) is 73.0 Å². The van der Waals surface area contributed by atoms with Crippen molar-refractivity contribution in [1.29, 1.82) is 0 Å². The number of aliphatic hydroxyl groups excluding tert-OH is 2. The second kappa shape index (κ2) is 55.2. The molecule has 0 aliphatic heterocycles. The average molecular weight is 912 g/mol. The van der Waals surface area contributed by atoms with Crippen LogP contribution in [0.25, 0.3) is 0 Å². The van der Waals surface area contributed by atoms with Gasteiger partial charge in [0.05, 0.1) is 32.0 Å². The van der Waals surface area contributed by atoms with E-state index >= 15 is 0 Å². The molecule has 3 N–H and O–H groups in total. The SMILES string of the molecule is C=COC(F)(F)F.CCO.F.FC(F)(F)OCCCl.FC(F)(F)OCCCl.FS(F)(F)F.O=C(F)F.O=C(F)OCCCl.OCCCl.[K+].[OH-]. The smallest absolute Gasteiger partial charge is 0.870 e. The maximum atomic E-state index is 11.0. The van der Waals surface area contributed by atoms with E-state index in [0.29, 0.717) is 12.1 Å². The van der Waals surface area contributed by atoms with Crippen molar-refractivity contribution in [1.82, 2.24) is 0 Å². The minimum absolute atomic E-state index is 0. The van der Waals surface area contributed by atoms with Crippen LogP contribution in [0.3, 0.4) is 0 Å². The van der Waals surface area contributed by atoms with Gasteiger partial charge in [-0.25, -0.2) is 9.59 Å². The Labute approximate surface area is 332 Å². The van der Waals surface area contributed by atoms with Crippen molar-refractivity contribution < 1.29 is 169 Å². The third kappa shape index (κ3) is 276. The van der Waals surface area contributed by atoms with E-state index < -0.39 is 56.4 Å². The molecule has 0 atom stereocenters. The summed E-state index contributed by atoms with van der Waals surface area (Å²) in [7, 11) is 0. The molecule has 32 heteroatoms. The number of alkyl halides is 13. The third-order valence-electron chi connectivity index (χ3n) is 1.28. The zero-order valence-electron chi connectivity index (χ0n) is 24.3. The summed E-state index contributed by atoms with van der Waals surface area (Å²) in [5, 5.41) is 15.3. The van der Waals surface area contributed by atoms with E-state index in [1.165, 1.54) is 0 Å². The van der Waals surface area contributed by atoms with Gasteiger partial charge in [0.25, 0.3) is 0 Å². The summed E-state index contributed by atoms with van der Waals surface area (Å²) in [6, 6.07) is 0. The number of carbonyl (C=O) groups is 2. The van der Waals surface area contributed by atoms with Gasteiger partial charge in [0.2, 0.25) is 0 Å². The maximum absolute atomic E-state index is 11.0. The summed E-state index contributed by atoms with van der Waals surface area (Å²) in [5.41, 5.74) is 0. The fourth-order valence-electron chi connectivity index (χ4n) is 0.522. The molecule has 0 bridgehead atoms. The van der Waals surface area contributed by atoms with Crippen molar-refractivity contribution in [2.75, 3.05) is 56.6 Å². The van der Waals surface area contributed by atoms with Crippen LogP contribution in [0.1, 0.15) is 6.92 Å². The second-order valence-corrected chi connectivity index (χ2v) is 6.99. The molecule has 0 rings (SSSR count). The number of ether oxygens (including phenoxy) is 4. The zero-order valence-corrected chi connectivity index (χ0v) is 31.3. The molecule has 0 saturated heterocycles. The Morgan fingerprint density at radius 3 is 0.980 bits per heavy atom. The van der Waals surface area contributed by atoms with Crippen LogP contribution in [0.5, 0.6) is 0 Å². The van der Waals surface area contributed by atoms with Gasteiger partial charge in [-0.15, -0.1) is 99.1 Å². The zero-order chi connectivity index (χ0) is 39.1. The summed E-state index contributed by atoms with van der Waals surface area (Å²) >= 11 is 13.5. The Bertz CT molecular complexity index is 614. The van der Waals surface area contributed by atoms with E-state index in [1.54, 1.807) is 6.92 Å². The van der Waals surface area contributed by atoms with Gasteiger partial charge >= 0.3 is 94.6 Å². The maximum Gasteiger partial charge on any atom is 1.00 e. The number of hydrogen-bond donors (Lipinski definition) is 2. The van der Waals surface area contributed by atoms with Crippen molar-refractivity contribution in [3.05, 3.63) is 12.8 Å². The van der Waals surface area contributed by atoms with E-state index in [4.69, 9.17) is 61.4 Å². The van der Waals surface area contributed by atoms with Crippen LogP contribution >= 0.6 is 58.0 Å². The summed E-state index contributed by atoms with van der Waals surface area (Å²) < 4.78 is 181. The molecule has 0 aromatic carbocycles. The fourth-order valence-corrected chi connectivity index (χ4v) is 0.753. The molecule has 0 heterocycles. The molecule has 0 spiro atoms. The Hall–Kier alpha value is 0.436. The summed E-state index contributed by atoms with van der Waals surface area (Å²) in [4.78, 5) is 17.4. The van der Waals surface area contributed by atoms with Crippen LogP contribution in [0.4, 0.5) is 82.5 Å². The van der Waals surface area contributed by atoms with Gasteiger partial charge in [0.15, 0.2) is 0 Å². The number of carbonyl (C=O) groups excluding carboxylic acids is 2. The molecule has 0 saturated carbocycles. The van der Waals surface area contributed by atoms with E-state index in [0.717, 1.165) is 0 Å². The second-order valence-electron chi connectivity index (χ2n) is 4.78. The summed E-state index contributed by atoms with van der Waals surface area (Å²) in [6.45, 7) is 3.70. The largest absolute Gasteiger partial charge is 1.00 e. The topological polar surface area (TPSA) is 142 Å². The molecule has 0 aromatic heterocycles. The molecule has 304 valence electrons. The Morgan fingerprint density at radius 2 is 0.939 bits per heavy atom. The molecular formula is C17H28Cl4F17KO9S. The predicted molar refractivity (Wildman–Crippen MR) is 141 cm³/mol. The molecule has 0 radical (unpaired) electrons. The number of aliphatic hydroxyl groups is 2. The molecular weight excluding hydrogens is 884 g/mol. The van der Waals surface area contributed by atoms with Gasteiger partial charge in [0.1, 0.15) is 6.61 Å². The molecule has 0 aromatic rings. The third-order valence-corrected chi connectivity index (χ3v) is 1.91. The van der Waals surface area contributed by atoms with Crippen molar-refractivity contribution in [3.8, 4) is 0 Å². The van der Waals surface area contributed by atoms with Crippen LogP contribution < -0.4 is 51.4 Å². The first kappa shape index (κ1) is 78.5. The van der Waals surface area contributed by atoms with Crippen LogP contribution in [-0.2, 0) is 18.9 Å². The van der Waals surface area contributed by atoms with Crippen LogP contribution in [0, 0.1) is 0 Å². The molecule has 0 amide bonds. The predicted octanol–water partition coefficient (Wildman–Crippen LogP) is 7.09. The number of rotatable bonds is 8. The number of halogens is 21. The van der Waals surface area contributed by atoms with Gasteiger partial charge in [-0.1, -0.05) is 22.1 Å². The van der Waals surface area contributed by atoms with Crippen molar-refractivity contribution in [2.24, 2.45) is 0 Å². The fraction of sp³-hybridized carbons (Fsp3) is 0.765. The number of hydrogen-bond acceptors (Lipinski definition) is 9. The Kier molecular flexibility index (Phi) is 88.4. The minimum Gasteiger partial charge on any atom is -0.870 e. The first-order valence-corrected chi connectivity index (χ1v) is 13.4. The van der Waals surface area contributed by atoms with Crippen molar-refractivity contribution in [2.45, 2.75) is 26.0 Å². The quantitative estimate of drug-likeness (QED) is 0.0859. The van der Waals surface area contributed by atoms with Gasteiger partial charge in [-0.05, 0) is 6.92 Å².